The van der Waals surface area contributed by atoms with E-state index >= 15 is 0 Å². The summed E-state index contributed by atoms with van der Waals surface area (Å²) in [5, 5.41) is 48.7. The van der Waals surface area contributed by atoms with Crippen molar-refractivity contribution in [1.29, 1.82) is 0 Å². The molecule has 0 aliphatic carbocycles. The summed E-state index contributed by atoms with van der Waals surface area (Å²) in [6.45, 7) is -0.524. The zero-order chi connectivity index (χ0) is 36.9. The summed E-state index contributed by atoms with van der Waals surface area (Å²) in [6, 6.07) is 12.8. The molecular formula is C35H39N7O9. The number of hydrogen-bond acceptors (Lipinski definition) is 10. The number of benzene rings is 3. The number of carbonyl (C=O) groups excluding carboxylic acids is 4. The molecule has 0 fully saturated rings. The molecule has 4 atom stereocenters. The normalized spacial score (nSPS) is 13.2. The summed E-state index contributed by atoms with van der Waals surface area (Å²) in [4.78, 5) is 71.8. The molecule has 4 aromatic rings. The van der Waals surface area contributed by atoms with Crippen LogP contribution in [0.1, 0.15) is 22.4 Å². The standard InChI is InChI=1S/C35H39N7O9/c36-27(13-20-1-7-24(43)8-2-20)32(47)38-18-31(46)40-29(16-23-17-37-19-39-23)34(49)41-28(14-21-3-9-25(44)10-4-21)33(48)42-30(35(50)51)15-22-5-11-26(45)12-6-22/h1-12,17,19,27-30,43-45H,13-16,18,36H2,(H,37,39)(H,38,47)(H,40,46)(H,41,49)(H,42,48)(H,50,51)/t27-,28-,29-,30-/m0/s1. The third kappa shape index (κ3) is 11.9. The van der Waals surface area contributed by atoms with Crippen LogP contribution in [0.4, 0.5) is 0 Å². The smallest absolute Gasteiger partial charge is 0.326 e. The van der Waals surface area contributed by atoms with Crippen LogP contribution < -0.4 is 27.0 Å². The molecule has 1 aromatic heterocycles. The van der Waals surface area contributed by atoms with Crippen LogP contribution in [0, 0.1) is 0 Å². The fourth-order valence-corrected chi connectivity index (χ4v) is 5.04. The van der Waals surface area contributed by atoms with Crippen molar-refractivity contribution in [3.8, 4) is 17.2 Å². The average molecular weight is 702 g/mol. The first-order valence-corrected chi connectivity index (χ1v) is 15.8. The van der Waals surface area contributed by atoms with Crippen LogP contribution in [0.15, 0.2) is 85.3 Å². The van der Waals surface area contributed by atoms with Crippen molar-refractivity contribution in [3.63, 3.8) is 0 Å². The number of nitrogens with two attached hydrogens (primary N) is 1. The van der Waals surface area contributed by atoms with E-state index < -0.39 is 60.3 Å². The third-order valence-electron chi connectivity index (χ3n) is 7.78. The predicted molar refractivity (Wildman–Crippen MR) is 182 cm³/mol. The monoisotopic (exact) mass is 701 g/mol. The Morgan fingerprint density at radius 2 is 1.08 bits per heavy atom. The maximum atomic E-state index is 13.7. The zero-order valence-electron chi connectivity index (χ0n) is 27.3. The highest BCUT2D eigenvalue weighted by Crippen LogP contribution is 2.14. The summed E-state index contributed by atoms with van der Waals surface area (Å²) < 4.78 is 0. The van der Waals surface area contributed by atoms with E-state index in [1.54, 1.807) is 12.1 Å². The van der Waals surface area contributed by atoms with E-state index in [9.17, 15) is 44.4 Å². The number of carboxylic acid groups (broad SMARTS) is 1. The van der Waals surface area contributed by atoms with Gasteiger partial charge in [-0.3, -0.25) is 19.2 Å². The minimum atomic E-state index is -1.40. The van der Waals surface area contributed by atoms with Crippen molar-refractivity contribution in [2.45, 2.75) is 49.9 Å². The minimum Gasteiger partial charge on any atom is -0.508 e. The Morgan fingerprint density at radius 3 is 1.55 bits per heavy atom. The van der Waals surface area contributed by atoms with E-state index in [1.807, 2.05) is 0 Å². The van der Waals surface area contributed by atoms with Gasteiger partial charge in [0, 0.05) is 31.2 Å². The Kier molecular flexibility index (Phi) is 13.1. The molecule has 3 aromatic carbocycles. The topological polar surface area (TPSA) is 269 Å². The molecule has 0 saturated heterocycles. The Labute approximate surface area is 292 Å². The molecule has 0 bridgehead atoms. The van der Waals surface area contributed by atoms with Crippen LogP contribution in [0.2, 0.25) is 0 Å². The fourth-order valence-electron chi connectivity index (χ4n) is 5.04. The van der Waals surface area contributed by atoms with E-state index in [0.29, 0.717) is 22.4 Å². The van der Waals surface area contributed by atoms with E-state index in [2.05, 4.69) is 31.2 Å². The molecule has 16 heteroatoms. The van der Waals surface area contributed by atoms with Crippen LogP contribution in [-0.4, -0.2) is 90.7 Å². The van der Waals surface area contributed by atoms with Crippen molar-refractivity contribution in [1.82, 2.24) is 31.2 Å². The second-order valence-electron chi connectivity index (χ2n) is 11.8. The minimum absolute atomic E-state index is 0.0142. The van der Waals surface area contributed by atoms with Gasteiger partial charge < -0.3 is 52.4 Å². The van der Waals surface area contributed by atoms with Gasteiger partial charge in [-0.1, -0.05) is 36.4 Å². The number of amides is 4. The number of aliphatic carboxylic acids is 1. The summed E-state index contributed by atoms with van der Waals surface area (Å²) in [6.07, 6.45) is 2.65. The van der Waals surface area contributed by atoms with Gasteiger partial charge in [-0.15, -0.1) is 0 Å². The van der Waals surface area contributed by atoms with Gasteiger partial charge in [0.05, 0.1) is 18.9 Å². The van der Waals surface area contributed by atoms with Gasteiger partial charge in [-0.2, -0.15) is 0 Å². The second kappa shape index (κ2) is 17.8. The lowest BCUT2D eigenvalue weighted by atomic mass is 10.0. The molecule has 0 radical (unpaired) electrons. The SMILES string of the molecule is N[C@@H](Cc1ccc(O)cc1)C(=O)NCC(=O)N[C@@H](Cc1cnc[nH]1)C(=O)N[C@@H](Cc1ccc(O)cc1)C(=O)N[C@@H](Cc1ccc(O)cc1)C(=O)O. The van der Waals surface area contributed by atoms with Crippen molar-refractivity contribution >= 4 is 29.6 Å². The summed E-state index contributed by atoms with van der Waals surface area (Å²) in [5.74, 6) is -4.30. The first-order chi connectivity index (χ1) is 24.4. The summed E-state index contributed by atoms with van der Waals surface area (Å²) in [5.41, 5.74) is 8.20. The number of carbonyl (C=O) groups is 5. The lowest BCUT2D eigenvalue weighted by Gasteiger charge is -2.25. The van der Waals surface area contributed by atoms with Crippen molar-refractivity contribution in [2.24, 2.45) is 5.73 Å². The highest BCUT2D eigenvalue weighted by atomic mass is 16.4. The summed E-state index contributed by atoms with van der Waals surface area (Å²) >= 11 is 0. The maximum Gasteiger partial charge on any atom is 0.326 e. The number of imidazole rings is 1. The first kappa shape index (κ1) is 37.4. The van der Waals surface area contributed by atoms with Crippen LogP contribution in [0.3, 0.4) is 0 Å². The van der Waals surface area contributed by atoms with Crippen molar-refractivity contribution in [3.05, 3.63) is 108 Å². The van der Waals surface area contributed by atoms with Gasteiger partial charge in [-0.25, -0.2) is 9.78 Å². The molecule has 16 nitrogen and oxygen atoms in total. The Hall–Kier alpha value is -6.42. The number of nitrogens with zero attached hydrogens (tertiary/aromatic N) is 1. The lowest BCUT2D eigenvalue weighted by Crippen LogP contribution is -2.58. The average Bonchev–Trinajstić information content (AvgIpc) is 3.62. The van der Waals surface area contributed by atoms with E-state index in [0.717, 1.165) is 0 Å². The van der Waals surface area contributed by atoms with Gasteiger partial charge in [-0.05, 0) is 59.5 Å². The Morgan fingerprint density at radius 1 is 0.627 bits per heavy atom. The second-order valence-corrected chi connectivity index (χ2v) is 11.8. The molecule has 1 heterocycles. The fraction of sp³-hybridized carbons (Fsp3) is 0.257. The van der Waals surface area contributed by atoms with Gasteiger partial charge in [0.2, 0.25) is 23.6 Å². The highest BCUT2D eigenvalue weighted by Gasteiger charge is 2.30. The van der Waals surface area contributed by atoms with Gasteiger partial charge >= 0.3 is 5.97 Å². The van der Waals surface area contributed by atoms with Crippen LogP contribution in [0.25, 0.3) is 0 Å². The molecule has 0 aliphatic rings. The molecule has 4 amide bonds. The van der Waals surface area contributed by atoms with Crippen molar-refractivity contribution in [2.75, 3.05) is 6.54 Å². The number of carboxylic acids is 1. The van der Waals surface area contributed by atoms with Gasteiger partial charge in [0.25, 0.3) is 0 Å². The number of aromatic hydroxyl groups is 3. The van der Waals surface area contributed by atoms with E-state index in [4.69, 9.17) is 5.73 Å². The van der Waals surface area contributed by atoms with Crippen molar-refractivity contribution < 1.29 is 44.4 Å². The van der Waals surface area contributed by atoms with Gasteiger partial charge in [0.1, 0.15) is 35.4 Å². The molecule has 0 aliphatic heterocycles. The number of rotatable bonds is 17. The van der Waals surface area contributed by atoms with Gasteiger partial charge in [0.15, 0.2) is 0 Å². The summed E-state index contributed by atoms with van der Waals surface area (Å²) in [7, 11) is 0. The predicted octanol–water partition coefficient (Wildman–Crippen LogP) is -0.220. The molecule has 268 valence electrons. The number of aromatic nitrogens is 2. The third-order valence-corrected chi connectivity index (χ3v) is 7.78. The molecule has 0 spiro atoms. The molecule has 51 heavy (non-hydrogen) atoms. The zero-order valence-corrected chi connectivity index (χ0v) is 27.3. The number of aromatic amines is 1. The number of nitrogens with one attached hydrogen (secondary N) is 5. The van der Waals surface area contributed by atoms with Crippen LogP contribution >= 0.6 is 0 Å². The quantitative estimate of drug-likeness (QED) is 0.0688. The highest BCUT2D eigenvalue weighted by molar-refractivity contribution is 5.94. The largest absolute Gasteiger partial charge is 0.508 e. The Balaban J connectivity index is 1.46. The molecule has 11 N–H and O–H groups in total. The number of H-pyrrole nitrogens is 1. The number of phenolic OH excluding ortho intramolecular Hbond substituents is 3. The molecule has 0 saturated carbocycles. The van der Waals surface area contributed by atoms with Crippen LogP contribution in [-0.2, 0) is 49.7 Å². The molecule has 0 unspecified atom stereocenters. The Bertz CT molecular complexity index is 1780. The number of hydrogen-bond donors (Lipinski definition) is 10. The number of phenols is 3. The first-order valence-electron chi connectivity index (χ1n) is 15.8. The van der Waals surface area contributed by atoms with E-state index in [-0.39, 0.29) is 42.9 Å². The van der Waals surface area contributed by atoms with E-state index in [1.165, 1.54) is 73.2 Å². The molecular weight excluding hydrogens is 662 g/mol. The maximum absolute atomic E-state index is 13.7. The van der Waals surface area contributed by atoms with Crippen LogP contribution in [0.5, 0.6) is 17.2 Å². The molecule has 4 rings (SSSR count). The lowest BCUT2D eigenvalue weighted by molar-refractivity contribution is -0.142.